The quantitative estimate of drug-likeness (QED) is 0.608. The first kappa shape index (κ1) is 20.8. The lowest BCUT2D eigenvalue weighted by Gasteiger charge is -2.35. The van der Waals surface area contributed by atoms with Gasteiger partial charge in [-0.25, -0.2) is 13.8 Å². The van der Waals surface area contributed by atoms with Gasteiger partial charge in [0.2, 0.25) is 5.91 Å². The van der Waals surface area contributed by atoms with Gasteiger partial charge >= 0.3 is 5.69 Å². The molecule has 4 rings (SSSR count). The fourth-order valence-electron chi connectivity index (χ4n) is 4.07. The summed E-state index contributed by atoms with van der Waals surface area (Å²) in [7, 11) is 0. The third-order valence-electron chi connectivity index (χ3n) is 5.63. The number of carbonyl (C=O) groups is 1. The van der Waals surface area contributed by atoms with Crippen molar-refractivity contribution < 1.29 is 9.18 Å². The molecule has 0 N–H and O–H groups in total. The van der Waals surface area contributed by atoms with Gasteiger partial charge in [0.25, 0.3) is 5.56 Å². The highest BCUT2D eigenvalue weighted by atomic mass is 35.5. The Morgan fingerprint density at radius 1 is 1.27 bits per heavy atom. The van der Waals surface area contributed by atoms with E-state index in [0.717, 1.165) is 36.3 Å². The first-order valence-corrected chi connectivity index (χ1v) is 11.2. The summed E-state index contributed by atoms with van der Waals surface area (Å²) in [6, 6.07) is 5.51. The van der Waals surface area contributed by atoms with Gasteiger partial charge in [-0.3, -0.25) is 14.2 Å². The van der Waals surface area contributed by atoms with Gasteiger partial charge < -0.3 is 4.90 Å². The molecule has 158 valence electrons. The number of aromatic nitrogens is 2. The molecule has 9 heteroatoms. The number of rotatable bonds is 4. The van der Waals surface area contributed by atoms with Crippen LogP contribution in [-0.2, 0) is 11.3 Å². The van der Waals surface area contributed by atoms with Gasteiger partial charge in [0.05, 0.1) is 16.2 Å². The van der Waals surface area contributed by atoms with Crippen molar-refractivity contribution in [2.45, 2.75) is 45.2 Å². The molecule has 1 aliphatic rings. The highest BCUT2D eigenvalue weighted by Crippen LogP contribution is 2.22. The lowest BCUT2D eigenvalue weighted by atomic mass is 10.00. The minimum absolute atomic E-state index is 0.140. The van der Waals surface area contributed by atoms with E-state index >= 15 is 0 Å². The summed E-state index contributed by atoms with van der Waals surface area (Å²) in [5, 5.41) is 1.52. The van der Waals surface area contributed by atoms with Gasteiger partial charge in [0.15, 0.2) is 0 Å². The summed E-state index contributed by atoms with van der Waals surface area (Å²) in [6.07, 6.45) is 3.85. The van der Waals surface area contributed by atoms with Crippen LogP contribution in [0, 0.1) is 5.82 Å². The third-order valence-corrected chi connectivity index (χ3v) is 6.81. The molecule has 0 radical (unpaired) electrons. The molecule has 1 aliphatic heterocycles. The molecule has 1 aromatic carbocycles. The molecule has 3 aromatic rings. The van der Waals surface area contributed by atoms with Crippen LogP contribution in [0.5, 0.6) is 0 Å². The van der Waals surface area contributed by atoms with Crippen molar-refractivity contribution in [1.82, 2.24) is 14.0 Å². The van der Waals surface area contributed by atoms with Crippen LogP contribution in [0.2, 0.25) is 5.02 Å². The Labute approximate surface area is 181 Å². The molecule has 1 amide bonds. The first-order valence-electron chi connectivity index (χ1n) is 9.90. The summed E-state index contributed by atoms with van der Waals surface area (Å²) in [4.78, 5) is 41.2. The molecule has 0 aliphatic carbocycles. The van der Waals surface area contributed by atoms with Crippen molar-refractivity contribution in [1.29, 1.82) is 0 Å². The molecule has 0 saturated carbocycles. The smallest absolute Gasteiger partial charge is 0.336 e. The monoisotopic (exact) mass is 449 g/mol. The average Bonchev–Trinajstić information content (AvgIpc) is 3.23. The van der Waals surface area contributed by atoms with Gasteiger partial charge in [-0.2, -0.15) is 0 Å². The highest BCUT2D eigenvalue weighted by molar-refractivity contribution is 7.17. The molecule has 30 heavy (non-hydrogen) atoms. The minimum Gasteiger partial charge on any atom is -0.338 e. The number of fused-ring (bicyclic) bond motifs is 1. The van der Waals surface area contributed by atoms with E-state index in [1.807, 2.05) is 4.90 Å². The Morgan fingerprint density at radius 2 is 2.07 bits per heavy atom. The van der Waals surface area contributed by atoms with Crippen molar-refractivity contribution >= 4 is 39.1 Å². The zero-order chi connectivity index (χ0) is 21.4. The summed E-state index contributed by atoms with van der Waals surface area (Å²) in [5.74, 6) is -0.782. The second-order valence-corrected chi connectivity index (χ2v) is 8.71. The fraction of sp³-hybridized carbons (Fsp3) is 0.381. The maximum atomic E-state index is 13.6. The standard InChI is InChI=1S/C21H21ClFN3O3S/c1-2-13-5-3-4-9-24(13)18(27)12-25-17-8-10-30-19(17)20(28)26(21(25)29)14-6-7-16(23)15(22)11-14/h6-8,10-11,13H,2-5,9,12H2,1H3/t13-/m0/s1. The van der Waals surface area contributed by atoms with Crippen LogP contribution in [-0.4, -0.2) is 32.5 Å². The van der Waals surface area contributed by atoms with Crippen molar-refractivity contribution in [3.63, 3.8) is 0 Å². The molecule has 3 heterocycles. The molecule has 1 atom stereocenters. The van der Waals surface area contributed by atoms with E-state index in [4.69, 9.17) is 11.6 Å². The SMILES string of the molecule is CC[C@H]1CCCCN1C(=O)Cn1c(=O)n(-c2ccc(F)c(Cl)c2)c(=O)c2sccc21. The number of benzene rings is 1. The first-order chi connectivity index (χ1) is 14.4. The van der Waals surface area contributed by atoms with Crippen LogP contribution >= 0.6 is 22.9 Å². The second-order valence-electron chi connectivity index (χ2n) is 7.39. The molecule has 1 fully saturated rings. The summed E-state index contributed by atoms with van der Waals surface area (Å²) in [5.41, 5.74) is -0.567. The van der Waals surface area contributed by atoms with E-state index in [-0.39, 0.29) is 29.2 Å². The van der Waals surface area contributed by atoms with Gasteiger partial charge in [0.1, 0.15) is 17.1 Å². The van der Waals surface area contributed by atoms with Gasteiger partial charge in [0, 0.05) is 12.6 Å². The van der Waals surface area contributed by atoms with Crippen LogP contribution in [0.25, 0.3) is 15.9 Å². The van der Waals surface area contributed by atoms with E-state index < -0.39 is 17.1 Å². The summed E-state index contributed by atoms with van der Waals surface area (Å²) >= 11 is 7.06. The number of nitrogens with zero attached hydrogens (tertiary/aromatic N) is 3. The third kappa shape index (κ3) is 3.58. The topological polar surface area (TPSA) is 64.3 Å². The Bertz CT molecular complexity index is 1230. The normalized spacial score (nSPS) is 16.9. The molecule has 6 nitrogen and oxygen atoms in total. The summed E-state index contributed by atoms with van der Waals surface area (Å²) in [6.45, 7) is 2.57. The Balaban J connectivity index is 1.83. The zero-order valence-electron chi connectivity index (χ0n) is 16.4. The van der Waals surface area contributed by atoms with Crippen LogP contribution in [0.15, 0.2) is 39.2 Å². The van der Waals surface area contributed by atoms with Crippen molar-refractivity contribution in [2.24, 2.45) is 0 Å². The van der Waals surface area contributed by atoms with Crippen LogP contribution in [0.3, 0.4) is 0 Å². The van der Waals surface area contributed by atoms with E-state index in [0.29, 0.717) is 16.8 Å². The Morgan fingerprint density at radius 3 is 2.80 bits per heavy atom. The predicted octanol–water partition coefficient (Wildman–Crippen LogP) is 3.80. The zero-order valence-corrected chi connectivity index (χ0v) is 18.0. The molecular formula is C21H21ClFN3O3S. The lowest BCUT2D eigenvalue weighted by Crippen LogP contribution is -2.47. The Hall–Kier alpha value is -2.45. The number of hydrogen-bond donors (Lipinski definition) is 0. The largest absolute Gasteiger partial charge is 0.338 e. The van der Waals surface area contributed by atoms with E-state index in [1.165, 1.54) is 28.0 Å². The molecule has 0 bridgehead atoms. The average molecular weight is 450 g/mol. The number of thiophene rings is 1. The fourth-order valence-corrected chi connectivity index (χ4v) is 5.07. The number of amides is 1. The van der Waals surface area contributed by atoms with Crippen molar-refractivity contribution in [3.05, 3.63) is 61.3 Å². The number of piperidine rings is 1. The minimum atomic E-state index is -0.646. The molecular weight excluding hydrogens is 429 g/mol. The van der Waals surface area contributed by atoms with E-state index in [2.05, 4.69) is 6.92 Å². The van der Waals surface area contributed by atoms with Gasteiger partial charge in [-0.05, 0) is 55.3 Å². The van der Waals surface area contributed by atoms with E-state index in [1.54, 1.807) is 11.4 Å². The number of hydrogen-bond acceptors (Lipinski definition) is 4. The van der Waals surface area contributed by atoms with Gasteiger partial charge in [-0.1, -0.05) is 18.5 Å². The summed E-state index contributed by atoms with van der Waals surface area (Å²) < 4.78 is 16.2. The van der Waals surface area contributed by atoms with Crippen LogP contribution in [0.1, 0.15) is 32.6 Å². The van der Waals surface area contributed by atoms with Crippen LogP contribution in [0.4, 0.5) is 4.39 Å². The number of carbonyl (C=O) groups excluding carboxylic acids is 1. The lowest BCUT2D eigenvalue weighted by molar-refractivity contribution is -0.135. The Kier molecular flexibility index (Phi) is 5.79. The molecule has 1 saturated heterocycles. The maximum Gasteiger partial charge on any atom is 0.336 e. The highest BCUT2D eigenvalue weighted by Gasteiger charge is 2.27. The number of halogens is 2. The molecule has 0 unspecified atom stereocenters. The maximum absolute atomic E-state index is 13.6. The molecule has 2 aromatic heterocycles. The van der Waals surface area contributed by atoms with Gasteiger partial charge in [-0.15, -0.1) is 11.3 Å². The molecule has 0 spiro atoms. The van der Waals surface area contributed by atoms with Crippen molar-refractivity contribution in [3.8, 4) is 5.69 Å². The van der Waals surface area contributed by atoms with E-state index in [9.17, 15) is 18.8 Å². The van der Waals surface area contributed by atoms with Crippen molar-refractivity contribution in [2.75, 3.05) is 6.54 Å². The second kappa shape index (κ2) is 8.35. The van der Waals surface area contributed by atoms with Crippen LogP contribution < -0.4 is 11.2 Å². The predicted molar refractivity (Wildman–Crippen MR) is 116 cm³/mol. The number of likely N-dealkylation sites (tertiary alicyclic amines) is 1.